The van der Waals surface area contributed by atoms with E-state index < -0.39 is 0 Å². The molecule has 0 radical (unpaired) electrons. The van der Waals surface area contributed by atoms with Gasteiger partial charge in [0, 0.05) is 0 Å². The summed E-state index contributed by atoms with van der Waals surface area (Å²) in [5.74, 6) is 0.512. The van der Waals surface area contributed by atoms with E-state index in [0.717, 1.165) is 25.9 Å². The van der Waals surface area contributed by atoms with E-state index >= 15 is 0 Å². The van der Waals surface area contributed by atoms with Crippen LogP contribution in [0, 0.1) is 0 Å². The number of carbonyl (C=O) groups excluding carboxylic acids is 2. The summed E-state index contributed by atoms with van der Waals surface area (Å²) in [6, 6.07) is 6.77. The fraction of sp³-hybridized carbons (Fsp3) is 0.500. The summed E-state index contributed by atoms with van der Waals surface area (Å²) >= 11 is 0. The topological polar surface area (TPSA) is 49.9 Å². The quantitative estimate of drug-likeness (QED) is 0.796. The molecule has 2 amide bonds. The zero-order chi connectivity index (χ0) is 14.8. The number of anilines is 1. The van der Waals surface area contributed by atoms with E-state index in [9.17, 15) is 9.59 Å². The number of piperidine rings is 1. The molecule has 2 fully saturated rings. The first-order valence-electron chi connectivity index (χ1n) is 7.45. The summed E-state index contributed by atoms with van der Waals surface area (Å²) in [6.07, 6.45) is 3.74. The number of ether oxygens (including phenoxy) is 1. The van der Waals surface area contributed by atoms with Gasteiger partial charge in [0.1, 0.15) is 5.75 Å². The van der Waals surface area contributed by atoms with Crippen molar-refractivity contribution in [3.05, 3.63) is 24.3 Å². The van der Waals surface area contributed by atoms with Crippen molar-refractivity contribution in [2.45, 2.75) is 31.7 Å². The third kappa shape index (κ3) is 2.65. The molecule has 0 aliphatic carbocycles. The molecule has 5 heteroatoms. The number of hydrogen-bond donors (Lipinski definition) is 0. The lowest BCUT2D eigenvalue weighted by Gasteiger charge is -2.30. The van der Waals surface area contributed by atoms with Crippen molar-refractivity contribution < 1.29 is 14.3 Å². The lowest BCUT2D eigenvalue weighted by Crippen LogP contribution is -2.44. The monoisotopic (exact) mass is 288 g/mol. The van der Waals surface area contributed by atoms with Gasteiger partial charge in [-0.05, 0) is 50.2 Å². The molecule has 2 aliphatic rings. The number of imide groups is 1. The van der Waals surface area contributed by atoms with Crippen LogP contribution in [0.1, 0.15) is 25.7 Å². The van der Waals surface area contributed by atoms with Crippen LogP contribution in [-0.4, -0.2) is 43.0 Å². The van der Waals surface area contributed by atoms with E-state index in [1.807, 2.05) is 0 Å². The number of amides is 2. The number of rotatable bonds is 3. The summed E-state index contributed by atoms with van der Waals surface area (Å²) in [5.41, 5.74) is 0.630. The molecular weight excluding hydrogens is 268 g/mol. The van der Waals surface area contributed by atoms with Crippen LogP contribution in [0.25, 0.3) is 0 Å². The Morgan fingerprint density at radius 3 is 2.33 bits per heavy atom. The highest BCUT2D eigenvalue weighted by molar-refractivity contribution is 6.22. The molecule has 112 valence electrons. The highest BCUT2D eigenvalue weighted by Gasteiger charge is 2.42. The van der Waals surface area contributed by atoms with Crippen LogP contribution in [0.5, 0.6) is 5.75 Å². The van der Waals surface area contributed by atoms with Gasteiger partial charge in [0.05, 0.1) is 25.3 Å². The van der Waals surface area contributed by atoms with Crippen LogP contribution < -0.4 is 9.64 Å². The third-order valence-electron chi connectivity index (χ3n) is 4.28. The second kappa shape index (κ2) is 5.85. The van der Waals surface area contributed by atoms with E-state index in [2.05, 4.69) is 4.90 Å². The molecule has 3 rings (SSSR count). The van der Waals surface area contributed by atoms with Crippen molar-refractivity contribution in [3.8, 4) is 5.75 Å². The number of hydrogen-bond acceptors (Lipinski definition) is 4. The molecule has 5 nitrogen and oxygen atoms in total. The molecule has 1 atom stereocenters. The fourth-order valence-electron chi connectivity index (χ4n) is 3.13. The largest absolute Gasteiger partial charge is 0.497 e. The predicted octanol–water partition coefficient (Wildman–Crippen LogP) is 1.81. The summed E-state index contributed by atoms with van der Waals surface area (Å²) in [4.78, 5) is 28.3. The minimum absolute atomic E-state index is 0.0907. The van der Waals surface area contributed by atoms with Crippen molar-refractivity contribution in [1.29, 1.82) is 0 Å². The smallest absolute Gasteiger partial charge is 0.251 e. The molecule has 2 aliphatic heterocycles. The van der Waals surface area contributed by atoms with Gasteiger partial charge in [-0.25, -0.2) is 4.90 Å². The molecule has 0 unspecified atom stereocenters. The van der Waals surface area contributed by atoms with E-state index in [4.69, 9.17) is 4.74 Å². The zero-order valence-electron chi connectivity index (χ0n) is 12.2. The average Bonchev–Trinajstić information content (AvgIpc) is 2.83. The maximum absolute atomic E-state index is 12.6. The number of likely N-dealkylation sites (tertiary alicyclic amines) is 1. The molecule has 0 spiro atoms. The standard InChI is InChI=1S/C16H20N2O3/c1-21-13-7-5-12(6-8-13)18-15(19)11-14(16(18)20)17-9-3-2-4-10-17/h5-8,14H,2-4,9-11H2,1H3/t14-/m0/s1. The first-order chi connectivity index (χ1) is 10.2. The number of nitrogens with zero attached hydrogens (tertiary/aromatic N) is 2. The highest BCUT2D eigenvalue weighted by atomic mass is 16.5. The van der Waals surface area contributed by atoms with Gasteiger partial charge in [-0.1, -0.05) is 6.42 Å². The van der Waals surface area contributed by atoms with E-state index in [1.165, 1.54) is 11.3 Å². The Labute approximate surface area is 124 Å². The van der Waals surface area contributed by atoms with Crippen LogP contribution in [0.2, 0.25) is 0 Å². The van der Waals surface area contributed by atoms with Gasteiger partial charge < -0.3 is 4.74 Å². The highest BCUT2D eigenvalue weighted by Crippen LogP contribution is 2.28. The maximum Gasteiger partial charge on any atom is 0.251 e. The molecule has 21 heavy (non-hydrogen) atoms. The van der Waals surface area contributed by atoms with Gasteiger partial charge in [-0.3, -0.25) is 14.5 Å². The van der Waals surface area contributed by atoms with Gasteiger partial charge in [0.15, 0.2) is 0 Å². The lowest BCUT2D eigenvalue weighted by atomic mass is 10.1. The first kappa shape index (κ1) is 14.1. The second-order valence-corrected chi connectivity index (χ2v) is 5.58. The lowest BCUT2D eigenvalue weighted by molar-refractivity contribution is -0.123. The van der Waals surface area contributed by atoms with E-state index in [1.54, 1.807) is 31.4 Å². The first-order valence-corrected chi connectivity index (χ1v) is 7.45. The van der Waals surface area contributed by atoms with Crippen molar-refractivity contribution in [1.82, 2.24) is 4.90 Å². The van der Waals surface area contributed by atoms with Gasteiger partial charge in [-0.2, -0.15) is 0 Å². The summed E-state index contributed by atoms with van der Waals surface area (Å²) in [5, 5.41) is 0. The maximum atomic E-state index is 12.6. The molecule has 2 saturated heterocycles. The molecular formula is C16H20N2O3. The Balaban J connectivity index is 1.79. The fourth-order valence-corrected chi connectivity index (χ4v) is 3.13. The Morgan fingerprint density at radius 2 is 1.71 bits per heavy atom. The average molecular weight is 288 g/mol. The van der Waals surface area contributed by atoms with Gasteiger partial charge >= 0.3 is 0 Å². The number of carbonyl (C=O) groups is 2. The van der Waals surface area contributed by atoms with Crippen LogP contribution in [0.15, 0.2) is 24.3 Å². The van der Waals surface area contributed by atoms with E-state index in [-0.39, 0.29) is 17.9 Å². The van der Waals surface area contributed by atoms with Crippen molar-refractivity contribution in [2.75, 3.05) is 25.1 Å². The van der Waals surface area contributed by atoms with Crippen LogP contribution in [0.3, 0.4) is 0 Å². The minimum atomic E-state index is -0.278. The van der Waals surface area contributed by atoms with Crippen molar-refractivity contribution in [3.63, 3.8) is 0 Å². The van der Waals surface area contributed by atoms with Crippen molar-refractivity contribution in [2.24, 2.45) is 0 Å². The molecule has 2 heterocycles. The normalized spacial score (nSPS) is 23.7. The van der Waals surface area contributed by atoms with E-state index in [0.29, 0.717) is 17.9 Å². The molecule has 0 aromatic heterocycles. The molecule has 0 saturated carbocycles. The molecule has 0 bridgehead atoms. The van der Waals surface area contributed by atoms with Crippen LogP contribution in [0.4, 0.5) is 5.69 Å². The number of methoxy groups -OCH3 is 1. The molecule has 0 N–H and O–H groups in total. The molecule has 1 aromatic rings. The second-order valence-electron chi connectivity index (χ2n) is 5.58. The van der Waals surface area contributed by atoms with Crippen LogP contribution in [-0.2, 0) is 9.59 Å². The Bertz CT molecular complexity index is 535. The summed E-state index contributed by atoms with van der Waals surface area (Å²) in [7, 11) is 1.59. The SMILES string of the molecule is COc1ccc(N2C(=O)C[C@H](N3CCCCC3)C2=O)cc1. The Morgan fingerprint density at radius 1 is 1.05 bits per heavy atom. The van der Waals surface area contributed by atoms with Crippen molar-refractivity contribution >= 4 is 17.5 Å². The summed E-state index contributed by atoms with van der Waals surface area (Å²) < 4.78 is 5.11. The van der Waals surface area contributed by atoms with Gasteiger partial charge in [-0.15, -0.1) is 0 Å². The Kier molecular flexibility index (Phi) is 3.92. The zero-order valence-corrected chi connectivity index (χ0v) is 12.2. The number of benzene rings is 1. The van der Waals surface area contributed by atoms with Gasteiger partial charge in [0.25, 0.3) is 5.91 Å². The van der Waals surface area contributed by atoms with Crippen LogP contribution >= 0.6 is 0 Å². The van der Waals surface area contributed by atoms with Gasteiger partial charge in [0.2, 0.25) is 5.91 Å². The Hall–Kier alpha value is -1.88. The summed E-state index contributed by atoms with van der Waals surface area (Å²) in [6.45, 7) is 1.83. The minimum Gasteiger partial charge on any atom is -0.497 e. The predicted molar refractivity (Wildman–Crippen MR) is 79.3 cm³/mol. The third-order valence-corrected chi connectivity index (χ3v) is 4.28. The molecule has 1 aromatic carbocycles.